The van der Waals surface area contributed by atoms with Gasteiger partial charge in [-0.25, -0.2) is 0 Å². The second kappa shape index (κ2) is 44.5. The Morgan fingerprint density at radius 3 is 0.571 bits per heavy atom. The van der Waals surface area contributed by atoms with Crippen molar-refractivity contribution in [2.45, 2.75) is 335 Å². The van der Waals surface area contributed by atoms with Crippen LogP contribution in [0.4, 0.5) is 0 Å². The third-order valence-electron chi connectivity index (χ3n) is 14.3. The average molecular weight is 790 g/mol. The predicted octanol–water partition coefficient (Wildman–Crippen LogP) is 20.2. The molecule has 56 heavy (non-hydrogen) atoms. The van der Waals surface area contributed by atoms with Crippen LogP contribution in [0.15, 0.2) is 0 Å². The fraction of sp³-hybridized carbons (Fsp3) is 1.00. The highest BCUT2D eigenvalue weighted by Crippen LogP contribution is 2.39. The van der Waals surface area contributed by atoms with Gasteiger partial charge in [0.2, 0.25) is 0 Å². The van der Waals surface area contributed by atoms with E-state index in [0.717, 1.165) is 0 Å². The van der Waals surface area contributed by atoms with E-state index in [1.165, 1.54) is 313 Å². The van der Waals surface area contributed by atoms with Crippen molar-refractivity contribution < 1.29 is 4.48 Å². The largest absolute Gasteiger partial charge is 0.324 e. The predicted molar refractivity (Wildman–Crippen MR) is 259 cm³/mol. The smallest absolute Gasteiger partial charge is 0.0988 e. The fourth-order valence-electron chi connectivity index (χ4n) is 10.0. The standard InChI is InChI=1S/C55H114N/c1-7-11-15-19-23-27-31-32-33-34-38-42-46-50-54-56(5,6)55(51-47-43-39-35-28-24-20-16-12-8-2,52-48-44-40-36-29-25-21-17-13-9-3)53-49-45-41-37-30-26-22-18-14-10-4/h7-54H2,1-6H3/q+1. The molecule has 0 saturated carbocycles. The van der Waals surface area contributed by atoms with E-state index in [1.54, 1.807) is 0 Å². The van der Waals surface area contributed by atoms with E-state index < -0.39 is 0 Å². The first kappa shape index (κ1) is 56.0. The summed E-state index contributed by atoms with van der Waals surface area (Å²) < 4.78 is 1.30. The Labute approximate surface area is 358 Å². The van der Waals surface area contributed by atoms with E-state index in [0.29, 0.717) is 5.54 Å². The molecule has 0 spiro atoms. The molecule has 0 aromatic carbocycles. The minimum absolute atomic E-state index is 0.497. The van der Waals surface area contributed by atoms with Crippen molar-refractivity contribution in [2.75, 3.05) is 20.6 Å². The van der Waals surface area contributed by atoms with Gasteiger partial charge in [-0.3, -0.25) is 0 Å². The molecule has 0 aliphatic heterocycles. The van der Waals surface area contributed by atoms with Crippen LogP contribution >= 0.6 is 0 Å². The molecule has 0 unspecified atom stereocenters. The first-order valence-corrected chi connectivity index (χ1v) is 27.3. The maximum atomic E-state index is 2.70. The Bertz CT molecular complexity index is 650. The van der Waals surface area contributed by atoms with Crippen molar-refractivity contribution in [1.29, 1.82) is 0 Å². The fourth-order valence-corrected chi connectivity index (χ4v) is 10.0. The maximum absolute atomic E-state index is 2.70. The topological polar surface area (TPSA) is 0 Å². The van der Waals surface area contributed by atoms with E-state index in [9.17, 15) is 0 Å². The summed E-state index contributed by atoms with van der Waals surface area (Å²) in [5.74, 6) is 0. The SMILES string of the molecule is CCCCCCCCCCCCCCCC[N+](C)(C)C(CCCCCCCCCCCC)(CCCCCCCCCCCC)CCCCCCCCCCCC. The van der Waals surface area contributed by atoms with Gasteiger partial charge < -0.3 is 4.48 Å². The van der Waals surface area contributed by atoms with Gasteiger partial charge in [0.05, 0.1) is 26.2 Å². The van der Waals surface area contributed by atoms with Gasteiger partial charge in [0.15, 0.2) is 0 Å². The lowest BCUT2D eigenvalue weighted by Gasteiger charge is -2.50. The van der Waals surface area contributed by atoms with Crippen LogP contribution in [0.2, 0.25) is 0 Å². The molecule has 0 aromatic rings. The Morgan fingerprint density at radius 2 is 0.375 bits per heavy atom. The molecule has 0 aliphatic rings. The quantitative estimate of drug-likeness (QED) is 0.0425. The lowest BCUT2D eigenvalue weighted by Crippen LogP contribution is -2.60. The molecular formula is C55H114N+. The third kappa shape index (κ3) is 35.9. The van der Waals surface area contributed by atoms with Crippen molar-refractivity contribution in [3.8, 4) is 0 Å². The summed E-state index contributed by atoms with van der Waals surface area (Å²) in [4.78, 5) is 0. The molecule has 0 amide bonds. The highest BCUT2D eigenvalue weighted by molar-refractivity contribution is 4.82. The monoisotopic (exact) mass is 789 g/mol. The molecule has 338 valence electrons. The minimum Gasteiger partial charge on any atom is -0.324 e. The molecule has 0 atom stereocenters. The van der Waals surface area contributed by atoms with Gasteiger partial charge in [0.25, 0.3) is 0 Å². The summed E-state index contributed by atoms with van der Waals surface area (Å²) in [6.07, 6.45) is 68.8. The molecule has 0 saturated heterocycles. The molecule has 0 aliphatic carbocycles. The first-order valence-electron chi connectivity index (χ1n) is 27.3. The van der Waals surface area contributed by atoms with Crippen molar-refractivity contribution in [3.05, 3.63) is 0 Å². The van der Waals surface area contributed by atoms with Gasteiger partial charge >= 0.3 is 0 Å². The first-order chi connectivity index (χ1) is 27.5. The van der Waals surface area contributed by atoms with Gasteiger partial charge in [0.1, 0.15) is 0 Å². The number of quaternary nitrogens is 1. The highest BCUT2D eigenvalue weighted by atomic mass is 15.4. The molecule has 0 N–H and O–H groups in total. The summed E-state index contributed by atoms with van der Waals surface area (Å²) in [7, 11) is 5.40. The van der Waals surface area contributed by atoms with Crippen LogP contribution in [-0.2, 0) is 0 Å². The zero-order valence-electron chi connectivity index (χ0n) is 40.9. The van der Waals surface area contributed by atoms with Crippen molar-refractivity contribution in [3.63, 3.8) is 0 Å². The van der Waals surface area contributed by atoms with E-state index in [4.69, 9.17) is 0 Å². The van der Waals surface area contributed by atoms with E-state index in [2.05, 4.69) is 41.8 Å². The molecule has 0 aromatic heterocycles. The molecule has 0 heterocycles. The minimum atomic E-state index is 0.497. The van der Waals surface area contributed by atoms with Crippen LogP contribution in [0, 0.1) is 0 Å². The third-order valence-corrected chi connectivity index (χ3v) is 14.3. The lowest BCUT2D eigenvalue weighted by molar-refractivity contribution is -0.944. The van der Waals surface area contributed by atoms with Crippen LogP contribution < -0.4 is 0 Å². The van der Waals surface area contributed by atoms with Gasteiger partial charge in [-0.15, -0.1) is 0 Å². The number of rotatable bonds is 49. The van der Waals surface area contributed by atoms with E-state index in [-0.39, 0.29) is 0 Å². The number of nitrogens with zero attached hydrogens (tertiary/aromatic N) is 1. The van der Waals surface area contributed by atoms with Gasteiger partial charge in [-0.1, -0.05) is 278 Å². The van der Waals surface area contributed by atoms with Crippen molar-refractivity contribution in [2.24, 2.45) is 0 Å². The Balaban J connectivity index is 5.14. The number of hydrogen-bond donors (Lipinski definition) is 0. The normalized spacial score (nSPS) is 12.3. The second-order valence-electron chi connectivity index (χ2n) is 20.0. The van der Waals surface area contributed by atoms with E-state index >= 15 is 0 Å². The number of unbranched alkanes of at least 4 members (excludes halogenated alkanes) is 40. The molecule has 0 rings (SSSR count). The van der Waals surface area contributed by atoms with Crippen LogP contribution in [0.1, 0.15) is 329 Å². The number of hydrogen-bond acceptors (Lipinski definition) is 0. The van der Waals surface area contributed by atoms with Crippen LogP contribution in [0.5, 0.6) is 0 Å². The summed E-state index contributed by atoms with van der Waals surface area (Å²) in [5, 5.41) is 0. The lowest BCUT2D eigenvalue weighted by atomic mass is 9.78. The maximum Gasteiger partial charge on any atom is 0.0988 e. The highest BCUT2D eigenvalue weighted by Gasteiger charge is 2.43. The molecule has 0 radical (unpaired) electrons. The average Bonchev–Trinajstić information content (AvgIpc) is 3.19. The Morgan fingerprint density at radius 1 is 0.214 bits per heavy atom. The summed E-state index contributed by atoms with van der Waals surface area (Å²) in [5.41, 5.74) is 0.497. The zero-order chi connectivity index (χ0) is 40.9. The summed E-state index contributed by atoms with van der Waals surface area (Å²) in [6, 6.07) is 0. The Kier molecular flexibility index (Phi) is 44.5. The second-order valence-corrected chi connectivity index (χ2v) is 20.0. The van der Waals surface area contributed by atoms with Gasteiger partial charge in [-0.2, -0.15) is 0 Å². The molecule has 1 heteroatoms. The van der Waals surface area contributed by atoms with E-state index in [1.807, 2.05) is 0 Å². The Hall–Kier alpha value is -0.0400. The van der Waals surface area contributed by atoms with Crippen molar-refractivity contribution >= 4 is 0 Å². The molecule has 0 bridgehead atoms. The zero-order valence-corrected chi connectivity index (χ0v) is 40.9. The van der Waals surface area contributed by atoms with Crippen LogP contribution in [-0.4, -0.2) is 30.7 Å². The molecular weight excluding hydrogens is 675 g/mol. The van der Waals surface area contributed by atoms with Gasteiger partial charge in [0, 0.05) is 19.3 Å². The molecule has 0 fully saturated rings. The van der Waals surface area contributed by atoms with Gasteiger partial charge in [-0.05, 0) is 32.1 Å². The molecule has 1 nitrogen and oxygen atoms in total. The summed E-state index contributed by atoms with van der Waals surface area (Å²) >= 11 is 0. The van der Waals surface area contributed by atoms with Crippen molar-refractivity contribution in [1.82, 2.24) is 0 Å². The van der Waals surface area contributed by atoms with Crippen LogP contribution in [0.25, 0.3) is 0 Å². The summed E-state index contributed by atoms with van der Waals surface area (Å²) in [6.45, 7) is 10.8. The van der Waals surface area contributed by atoms with Crippen LogP contribution in [0.3, 0.4) is 0 Å².